The topological polar surface area (TPSA) is 49.5 Å². The molecule has 0 heterocycles. The van der Waals surface area contributed by atoms with E-state index in [2.05, 4.69) is 17.0 Å². The second-order valence-electron chi connectivity index (χ2n) is 4.85. The average Bonchev–Trinajstić information content (AvgIpc) is 2.26. The van der Waals surface area contributed by atoms with E-state index in [9.17, 15) is 5.11 Å². The maximum absolute atomic E-state index is 9.22. The molecule has 1 atom stereocenters. The molecule has 1 aromatic rings. The summed E-state index contributed by atoms with van der Waals surface area (Å²) >= 11 is 0. The van der Waals surface area contributed by atoms with Gasteiger partial charge in [0, 0.05) is 24.3 Å². The zero-order valence-corrected chi connectivity index (χ0v) is 10.5. The van der Waals surface area contributed by atoms with Crippen LogP contribution in [0.1, 0.15) is 37.8 Å². The molecule has 1 saturated carbocycles. The molecule has 2 rings (SSSR count). The molecular formula is C14H22N2O. The van der Waals surface area contributed by atoms with Crippen LogP contribution in [0, 0.1) is 0 Å². The van der Waals surface area contributed by atoms with Crippen LogP contribution in [0.25, 0.3) is 0 Å². The van der Waals surface area contributed by atoms with Crippen LogP contribution in [-0.4, -0.2) is 24.3 Å². The SMILES string of the molecule is C[C@@H](N)c1ccccc1N(CCO)C1CCC1. The molecule has 0 saturated heterocycles. The van der Waals surface area contributed by atoms with Crippen molar-refractivity contribution >= 4 is 5.69 Å². The second kappa shape index (κ2) is 5.52. The lowest BCUT2D eigenvalue weighted by Crippen LogP contribution is -2.42. The van der Waals surface area contributed by atoms with Crippen LogP contribution in [0.15, 0.2) is 24.3 Å². The molecule has 1 fully saturated rings. The van der Waals surface area contributed by atoms with Crippen LogP contribution in [0.5, 0.6) is 0 Å². The molecule has 0 amide bonds. The molecule has 0 spiro atoms. The lowest BCUT2D eigenvalue weighted by molar-refractivity contribution is 0.283. The smallest absolute Gasteiger partial charge is 0.0606 e. The van der Waals surface area contributed by atoms with Gasteiger partial charge in [0.25, 0.3) is 0 Å². The summed E-state index contributed by atoms with van der Waals surface area (Å²) in [6.45, 7) is 2.91. The summed E-state index contributed by atoms with van der Waals surface area (Å²) in [5.41, 5.74) is 8.39. The van der Waals surface area contributed by atoms with Crippen molar-refractivity contribution in [2.45, 2.75) is 38.3 Å². The minimum absolute atomic E-state index is 0.0347. The highest BCUT2D eigenvalue weighted by Crippen LogP contribution is 2.33. The summed E-state index contributed by atoms with van der Waals surface area (Å²) in [7, 11) is 0. The van der Waals surface area contributed by atoms with Crippen molar-refractivity contribution in [2.75, 3.05) is 18.1 Å². The first kappa shape index (κ1) is 12.4. The van der Waals surface area contributed by atoms with E-state index in [1.165, 1.54) is 30.5 Å². The molecule has 0 bridgehead atoms. The summed E-state index contributed by atoms with van der Waals surface area (Å²) in [6, 6.07) is 8.90. The molecule has 94 valence electrons. The Bertz CT molecular complexity index is 361. The zero-order valence-electron chi connectivity index (χ0n) is 10.5. The van der Waals surface area contributed by atoms with Gasteiger partial charge in [-0.2, -0.15) is 0 Å². The number of hydrogen-bond acceptors (Lipinski definition) is 3. The fourth-order valence-corrected chi connectivity index (χ4v) is 2.44. The molecule has 3 nitrogen and oxygen atoms in total. The number of para-hydroxylation sites is 1. The van der Waals surface area contributed by atoms with E-state index in [-0.39, 0.29) is 12.6 Å². The van der Waals surface area contributed by atoms with Crippen LogP contribution in [0.4, 0.5) is 5.69 Å². The molecule has 1 aliphatic rings. The Kier molecular flexibility index (Phi) is 4.02. The molecule has 3 N–H and O–H groups in total. The van der Waals surface area contributed by atoms with Gasteiger partial charge in [0.2, 0.25) is 0 Å². The zero-order chi connectivity index (χ0) is 12.3. The lowest BCUT2D eigenvalue weighted by Gasteiger charge is -2.40. The Morgan fingerprint density at radius 3 is 2.65 bits per heavy atom. The molecule has 0 aliphatic heterocycles. The predicted molar refractivity (Wildman–Crippen MR) is 71.1 cm³/mol. The average molecular weight is 234 g/mol. The molecule has 1 aliphatic carbocycles. The normalized spacial score (nSPS) is 17.6. The van der Waals surface area contributed by atoms with Crippen LogP contribution in [-0.2, 0) is 0 Å². The van der Waals surface area contributed by atoms with Gasteiger partial charge in [0.1, 0.15) is 0 Å². The van der Waals surface area contributed by atoms with Crippen LogP contribution in [0.2, 0.25) is 0 Å². The summed E-state index contributed by atoms with van der Waals surface area (Å²) in [5, 5.41) is 9.22. The quantitative estimate of drug-likeness (QED) is 0.820. The monoisotopic (exact) mass is 234 g/mol. The summed E-state index contributed by atoms with van der Waals surface area (Å²) in [6.07, 6.45) is 3.76. The van der Waals surface area contributed by atoms with Gasteiger partial charge in [0.05, 0.1) is 6.61 Å². The number of rotatable bonds is 5. The van der Waals surface area contributed by atoms with Crippen molar-refractivity contribution in [2.24, 2.45) is 5.73 Å². The van der Waals surface area contributed by atoms with Gasteiger partial charge in [0.15, 0.2) is 0 Å². The van der Waals surface area contributed by atoms with Gasteiger partial charge in [-0.15, -0.1) is 0 Å². The Morgan fingerprint density at radius 1 is 1.41 bits per heavy atom. The minimum Gasteiger partial charge on any atom is -0.395 e. The van der Waals surface area contributed by atoms with E-state index in [0.29, 0.717) is 12.6 Å². The first-order valence-corrected chi connectivity index (χ1v) is 6.46. The predicted octanol–water partition coefficient (Wildman–Crippen LogP) is 2.06. The van der Waals surface area contributed by atoms with E-state index in [1.807, 2.05) is 19.1 Å². The fraction of sp³-hybridized carbons (Fsp3) is 0.571. The van der Waals surface area contributed by atoms with Gasteiger partial charge in [-0.1, -0.05) is 18.2 Å². The Morgan fingerprint density at radius 2 is 2.12 bits per heavy atom. The maximum atomic E-state index is 9.22. The molecule has 3 heteroatoms. The molecule has 0 unspecified atom stereocenters. The van der Waals surface area contributed by atoms with Gasteiger partial charge < -0.3 is 15.7 Å². The van der Waals surface area contributed by atoms with Crippen molar-refractivity contribution in [3.63, 3.8) is 0 Å². The summed E-state index contributed by atoms with van der Waals surface area (Å²) in [4.78, 5) is 2.32. The number of nitrogens with zero attached hydrogens (tertiary/aromatic N) is 1. The fourth-order valence-electron chi connectivity index (χ4n) is 2.44. The van der Waals surface area contributed by atoms with Crippen LogP contribution >= 0.6 is 0 Å². The van der Waals surface area contributed by atoms with E-state index in [1.54, 1.807) is 0 Å². The first-order chi connectivity index (χ1) is 8.24. The van der Waals surface area contributed by atoms with Crippen LogP contribution in [0.3, 0.4) is 0 Å². The number of aliphatic hydroxyl groups is 1. The number of benzene rings is 1. The van der Waals surface area contributed by atoms with Gasteiger partial charge >= 0.3 is 0 Å². The minimum atomic E-state index is 0.0347. The molecular weight excluding hydrogens is 212 g/mol. The Balaban J connectivity index is 2.27. The van der Waals surface area contributed by atoms with E-state index in [0.717, 1.165) is 0 Å². The molecule has 17 heavy (non-hydrogen) atoms. The highest BCUT2D eigenvalue weighted by molar-refractivity contribution is 5.56. The molecule has 0 radical (unpaired) electrons. The lowest BCUT2D eigenvalue weighted by atomic mass is 9.90. The van der Waals surface area contributed by atoms with Gasteiger partial charge in [-0.25, -0.2) is 0 Å². The molecule has 0 aromatic heterocycles. The summed E-state index contributed by atoms with van der Waals surface area (Å²) in [5.74, 6) is 0. The number of aliphatic hydroxyl groups excluding tert-OH is 1. The van der Waals surface area contributed by atoms with E-state index in [4.69, 9.17) is 5.73 Å². The standard InChI is InChI=1S/C14H22N2O/c1-11(15)13-7-2-3-8-14(13)16(9-10-17)12-5-4-6-12/h2-3,7-8,11-12,17H,4-6,9-10,15H2,1H3/t11-/m1/s1. The van der Waals surface area contributed by atoms with Gasteiger partial charge in [-0.3, -0.25) is 0 Å². The third kappa shape index (κ3) is 2.61. The van der Waals surface area contributed by atoms with Crippen molar-refractivity contribution in [1.82, 2.24) is 0 Å². The number of anilines is 1. The van der Waals surface area contributed by atoms with Crippen molar-refractivity contribution < 1.29 is 5.11 Å². The second-order valence-corrected chi connectivity index (χ2v) is 4.85. The Labute approximate surface area is 103 Å². The molecule has 1 aromatic carbocycles. The Hall–Kier alpha value is -1.06. The van der Waals surface area contributed by atoms with Crippen molar-refractivity contribution in [3.8, 4) is 0 Å². The number of nitrogens with two attached hydrogens (primary N) is 1. The van der Waals surface area contributed by atoms with E-state index < -0.39 is 0 Å². The first-order valence-electron chi connectivity index (χ1n) is 6.46. The van der Waals surface area contributed by atoms with Crippen LogP contribution < -0.4 is 10.6 Å². The van der Waals surface area contributed by atoms with Crippen molar-refractivity contribution in [3.05, 3.63) is 29.8 Å². The highest BCUT2D eigenvalue weighted by atomic mass is 16.3. The van der Waals surface area contributed by atoms with Crippen molar-refractivity contribution in [1.29, 1.82) is 0 Å². The van der Waals surface area contributed by atoms with E-state index >= 15 is 0 Å². The highest BCUT2D eigenvalue weighted by Gasteiger charge is 2.26. The number of hydrogen-bond donors (Lipinski definition) is 2. The third-order valence-corrected chi connectivity index (χ3v) is 3.59. The third-order valence-electron chi connectivity index (χ3n) is 3.59. The largest absolute Gasteiger partial charge is 0.395 e. The maximum Gasteiger partial charge on any atom is 0.0606 e. The van der Waals surface area contributed by atoms with Gasteiger partial charge in [-0.05, 0) is 37.8 Å². The summed E-state index contributed by atoms with van der Waals surface area (Å²) < 4.78 is 0.